The van der Waals surface area contributed by atoms with Crippen molar-refractivity contribution in [3.8, 4) is 0 Å². The van der Waals surface area contributed by atoms with E-state index in [0.717, 1.165) is 31.9 Å². The minimum Gasteiger partial charge on any atom is -0.266 e. The minimum atomic E-state index is -3.37. The van der Waals surface area contributed by atoms with Crippen molar-refractivity contribution >= 4 is 10.1 Å². The van der Waals surface area contributed by atoms with Crippen molar-refractivity contribution in [3.05, 3.63) is 35.4 Å². The predicted octanol–water partition coefficient (Wildman–Crippen LogP) is 3.00. The molecule has 0 heterocycles. The molecular weight excluding hydrogens is 248 g/mol. The highest BCUT2D eigenvalue weighted by Gasteiger charge is 2.29. The number of hydrogen-bond acceptors (Lipinski definition) is 3. The Balaban J connectivity index is 2.22. The third-order valence-corrected chi connectivity index (χ3v) is 4.07. The van der Waals surface area contributed by atoms with Gasteiger partial charge in [0.25, 0.3) is 10.1 Å². The lowest BCUT2D eigenvalue weighted by Gasteiger charge is -2.31. The van der Waals surface area contributed by atoms with Crippen molar-refractivity contribution in [1.82, 2.24) is 0 Å². The average molecular weight is 268 g/mol. The molecule has 2 rings (SSSR count). The van der Waals surface area contributed by atoms with E-state index in [1.54, 1.807) is 0 Å². The van der Waals surface area contributed by atoms with Crippen LogP contribution in [0.5, 0.6) is 0 Å². The molecule has 1 aromatic carbocycles. The molecule has 1 aliphatic rings. The van der Waals surface area contributed by atoms with Gasteiger partial charge in [-0.05, 0) is 25.3 Å². The quantitative estimate of drug-likeness (QED) is 0.791. The van der Waals surface area contributed by atoms with Crippen LogP contribution in [0.4, 0.5) is 0 Å². The molecule has 0 radical (unpaired) electrons. The summed E-state index contributed by atoms with van der Waals surface area (Å²) >= 11 is 0. The second kappa shape index (κ2) is 5.41. The lowest BCUT2D eigenvalue weighted by Crippen LogP contribution is -2.28. The molecule has 0 bridgehead atoms. The Morgan fingerprint density at radius 1 is 1.22 bits per heavy atom. The zero-order valence-electron chi connectivity index (χ0n) is 10.9. The van der Waals surface area contributed by atoms with Gasteiger partial charge in [0.2, 0.25) is 0 Å². The molecule has 18 heavy (non-hydrogen) atoms. The molecular formula is C14H20O3S. The van der Waals surface area contributed by atoms with Crippen molar-refractivity contribution in [3.63, 3.8) is 0 Å². The molecule has 1 aliphatic carbocycles. The van der Waals surface area contributed by atoms with Crippen molar-refractivity contribution in [2.75, 3.05) is 6.26 Å². The van der Waals surface area contributed by atoms with Crippen LogP contribution in [-0.4, -0.2) is 20.8 Å². The zero-order chi connectivity index (χ0) is 13.2. The predicted molar refractivity (Wildman–Crippen MR) is 72.1 cm³/mol. The van der Waals surface area contributed by atoms with Gasteiger partial charge in [0, 0.05) is 5.92 Å². The largest absolute Gasteiger partial charge is 0.266 e. The van der Waals surface area contributed by atoms with Crippen LogP contribution in [-0.2, 0) is 14.3 Å². The van der Waals surface area contributed by atoms with Gasteiger partial charge < -0.3 is 0 Å². The molecule has 0 unspecified atom stereocenters. The molecule has 1 aromatic rings. The van der Waals surface area contributed by atoms with Gasteiger partial charge in [-0.3, -0.25) is 4.18 Å². The van der Waals surface area contributed by atoms with E-state index in [2.05, 4.69) is 25.1 Å². The molecule has 100 valence electrons. The van der Waals surface area contributed by atoms with Crippen LogP contribution in [0.2, 0.25) is 0 Å². The molecule has 0 N–H and O–H groups in total. The van der Waals surface area contributed by atoms with E-state index in [4.69, 9.17) is 4.18 Å². The summed E-state index contributed by atoms with van der Waals surface area (Å²) in [5.74, 6) is 0.202. The Bertz CT molecular complexity index is 508. The van der Waals surface area contributed by atoms with Crippen molar-refractivity contribution in [2.45, 2.75) is 44.6 Å². The van der Waals surface area contributed by atoms with E-state index in [0.29, 0.717) is 0 Å². The average Bonchev–Trinajstić information content (AvgIpc) is 2.27. The van der Waals surface area contributed by atoms with E-state index in [-0.39, 0.29) is 12.0 Å². The summed E-state index contributed by atoms with van der Waals surface area (Å²) < 4.78 is 27.9. The second-order valence-electron chi connectivity index (χ2n) is 5.14. The summed E-state index contributed by atoms with van der Waals surface area (Å²) in [6.07, 6.45) is 4.95. The maximum absolute atomic E-state index is 11.3. The highest BCUT2D eigenvalue weighted by atomic mass is 32.2. The molecule has 4 heteroatoms. The van der Waals surface area contributed by atoms with Gasteiger partial charge in [-0.1, -0.05) is 42.7 Å². The van der Waals surface area contributed by atoms with Gasteiger partial charge in [0.1, 0.15) is 0 Å². The van der Waals surface area contributed by atoms with Crippen LogP contribution in [0.15, 0.2) is 24.3 Å². The molecule has 1 saturated carbocycles. The monoisotopic (exact) mass is 268 g/mol. The highest BCUT2D eigenvalue weighted by Crippen LogP contribution is 2.35. The number of aryl methyl sites for hydroxylation is 1. The zero-order valence-corrected chi connectivity index (χ0v) is 11.7. The third-order valence-electron chi connectivity index (χ3n) is 3.47. The van der Waals surface area contributed by atoms with Crippen LogP contribution in [0, 0.1) is 6.92 Å². The number of hydrogen-bond donors (Lipinski definition) is 0. The topological polar surface area (TPSA) is 43.4 Å². The number of rotatable bonds is 3. The summed E-state index contributed by atoms with van der Waals surface area (Å²) in [6.45, 7) is 2.05. The van der Waals surface area contributed by atoms with Gasteiger partial charge in [-0.25, -0.2) is 0 Å². The molecule has 0 saturated heterocycles. The minimum absolute atomic E-state index is 0.199. The first-order chi connectivity index (χ1) is 8.46. The van der Waals surface area contributed by atoms with Crippen LogP contribution < -0.4 is 0 Å². The summed E-state index contributed by atoms with van der Waals surface area (Å²) in [5.41, 5.74) is 2.40. The smallest absolute Gasteiger partial charge is 0.264 e. The first-order valence-electron chi connectivity index (χ1n) is 6.40. The molecule has 2 atom stereocenters. The summed E-state index contributed by atoms with van der Waals surface area (Å²) in [7, 11) is -3.37. The fourth-order valence-corrected chi connectivity index (χ4v) is 3.40. The molecule has 3 nitrogen and oxygen atoms in total. The SMILES string of the molecule is Cc1cccc([C@H]2CCCC[C@H]2OS(C)(=O)=O)c1. The number of benzene rings is 1. The van der Waals surface area contributed by atoms with Crippen molar-refractivity contribution in [2.24, 2.45) is 0 Å². The molecule has 0 amide bonds. The fraction of sp³-hybridized carbons (Fsp3) is 0.571. The molecule has 0 aliphatic heterocycles. The van der Waals surface area contributed by atoms with Gasteiger partial charge in [-0.15, -0.1) is 0 Å². The van der Waals surface area contributed by atoms with Gasteiger partial charge in [0.15, 0.2) is 0 Å². The summed E-state index contributed by atoms with van der Waals surface area (Å²) in [6, 6.07) is 8.28. The van der Waals surface area contributed by atoms with E-state index in [1.165, 1.54) is 11.1 Å². The van der Waals surface area contributed by atoms with Crippen molar-refractivity contribution < 1.29 is 12.6 Å². The van der Waals surface area contributed by atoms with Gasteiger partial charge in [-0.2, -0.15) is 8.42 Å². The Labute approximate surface area is 109 Å². The standard InChI is InChI=1S/C14H20O3S/c1-11-6-5-7-12(10-11)13-8-3-4-9-14(13)17-18(2,15)16/h5-7,10,13-14H,3-4,8-9H2,1-2H3/t13-,14-/m1/s1. The molecule has 1 fully saturated rings. The Kier molecular flexibility index (Phi) is 4.07. The maximum Gasteiger partial charge on any atom is 0.264 e. The Morgan fingerprint density at radius 3 is 2.61 bits per heavy atom. The van der Waals surface area contributed by atoms with E-state index < -0.39 is 10.1 Å². The first kappa shape index (κ1) is 13.6. The van der Waals surface area contributed by atoms with E-state index in [9.17, 15) is 8.42 Å². The van der Waals surface area contributed by atoms with Crippen molar-refractivity contribution in [1.29, 1.82) is 0 Å². The van der Waals surface area contributed by atoms with Crippen LogP contribution in [0.25, 0.3) is 0 Å². The highest BCUT2D eigenvalue weighted by molar-refractivity contribution is 7.86. The lowest BCUT2D eigenvalue weighted by molar-refractivity contribution is 0.138. The van der Waals surface area contributed by atoms with Crippen LogP contribution in [0.1, 0.15) is 42.7 Å². The van der Waals surface area contributed by atoms with Crippen LogP contribution in [0.3, 0.4) is 0 Å². The Hall–Kier alpha value is -0.870. The fourth-order valence-electron chi connectivity index (χ4n) is 2.72. The lowest BCUT2D eigenvalue weighted by atomic mass is 9.81. The van der Waals surface area contributed by atoms with Gasteiger partial charge in [0.05, 0.1) is 12.4 Å². The normalized spacial score (nSPS) is 25.0. The maximum atomic E-state index is 11.3. The molecule has 0 aromatic heterocycles. The van der Waals surface area contributed by atoms with Gasteiger partial charge >= 0.3 is 0 Å². The van der Waals surface area contributed by atoms with Crippen LogP contribution >= 0.6 is 0 Å². The first-order valence-corrected chi connectivity index (χ1v) is 8.22. The summed E-state index contributed by atoms with van der Waals surface area (Å²) in [5, 5.41) is 0. The Morgan fingerprint density at radius 2 is 1.94 bits per heavy atom. The second-order valence-corrected chi connectivity index (χ2v) is 6.74. The molecule has 0 spiro atoms. The van der Waals surface area contributed by atoms with E-state index >= 15 is 0 Å². The summed E-state index contributed by atoms with van der Waals surface area (Å²) in [4.78, 5) is 0. The third kappa shape index (κ3) is 3.56. The van der Waals surface area contributed by atoms with E-state index in [1.807, 2.05) is 6.07 Å².